The third-order valence-electron chi connectivity index (χ3n) is 2.35. The van der Waals surface area contributed by atoms with Crippen LogP contribution in [0.5, 0.6) is 11.5 Å². The van der Waals surface area contributed by atoms with E-state index in [0.29, 0.717) is 0 Å². The summed E-state index contributed by atoms with van der Waals surface area (Å²) in [5.41, 5.74) is -0.676. The minimum atomic E-state index is -4.97. The number of aromatic nitrogens is 1. The van der Waals surface area contributed by atoms with E-state index in [4.69, 9.17) is 0 Å². The Bertz CT molecular complexity index is 627. The molecule has 0 fully saturated rings. The predicted octanol–water partition coefficient (Wildman–Crippen LogP) is 2.92. The Balaban J connectivity index is 2.48. The van der Waals surface area contributed by atoms with Crippen LogP contribution in [0, 0.1) is 0 Å². The van der Waals surface area contributed by atoms with Crippen molar-refractivity contribution >= 4 is 5.78 Å². The number of nitrogens with zero attached hydrogens (tertiary/aromatic N) is 1. The zero-order valence-corrected chi connectivity index (χ0v) is 9.89. The second kappa shape index (κ2) is 5.20. The Morgan fingerprint density at radius 2 is 1.90 bits per heavy atom. The first-order valence-electron chi connectivity index (χ1n) is 5.42. The van der Waals surface area contributed by atoms with Gasteiger partial charge in [0.1, 0.15) is 22.8 Å². The first kappa shape index (κ1) is 13.9. The SMILES string of the molecule is O=C(c1ccccn1)c1c(O)cccc1OC(F)(F)F. The highest BCUT2D eigenvalue weighted by molar-refractivity contribution is 6.11. The Morgan fingerprint density at radius 3 is 2.50 bits per heavy atom. The second-order valence-electron chi connectivity index (χ2n) is 3.74. The van der Waals surface area contributed by atoms with Gasteiger partial charge in [0, 0.05) is 6.20 Å². The van der Waals surface area contributed by atoms with Crippen molar-refractivity contribution in [3.05, 3.63) is 53.9 Å². The van der Waals surface area contributed by atoms with Gasteiger partial charge in [-0.25, -0.2) is 0 Å². The Hall–Kier alpha value is -2.57. The number of ketones is 1. The number of alkyl halides is 3. The Morgan fingerprint density at radius 1 is 1.15 bits per heavy atom. The van der Waals surface area contributed by atoms with Crippen molar-refractivity contribution in [3.63, 3.8) is 0 Å². The smallest absolute Gasteiger partial charge is 0.507 e. The molecule has 0 saturated carbocycles. The van der Waals surface area contributed by atoms with Crippen molar-refractivity contribution in [2.75, 3.05) is 0 Å². The van der Waals surface area contributed by atoms with Crippen molar-refractivity contribution < 1.29 is 27.8 Å². The van der Waals surface area contributed by atoms with Crippen LogP contribution in [0.25, 0.3) is 0 Å². The highest BCUT2D eigenvalue weighted by Crippen LogP contribution is 2.33. The first-order valence-corrected chi connectivity index (χ1v) is 5.42. The van der Waals surface area contributed by atoms with Crippen LogP contribution in [-0.2, 0) is 0 Å². The number of pyridine rings is 1. The van der Waals surface area contributed by atoms with Crippen LogP contribution in [0.3, 0.4) is 0 Å². The lowest BCUT2D eigenvalue weighted by atomic mass is 10.1. The van der Waals surface area contributed by atoms with Crippen LogP contribution in [0.2, 0.25) is 0 Å². The predicted molar refractivity (Wildman–Crippen MR) is 62.5 cm³/mol. The van der Waals surface area contributed by atoms with Gasteiger partial charge >= 0.3 is 6.36 Å². The maximum absolute atomic E-state index is 12.3. The van der Waals surface area contributed by atoms with Gasteiger partial charge in [-0.05, 0) is 24.3 Å². The molecule has 2 rings (SSSR count). The second-order valence-corrected chi connectivity index (χ2v) is 3.74. The number of carbonyl (C=O) groups excluding carboxylic acids is 1. The summed E-state index contributed by atoms with van der Waals surface area (Å²) < 4.78 is 40.6. The molecule has 7 heteroatoms. The van der Waals surface area contributed by atoms with Gasteiger partial charge in [0.15, 0.2) is 0 Å². The standard InChI is InChI=1S/C13H8F3NO3/c14-13(15,16)20-10-6-3-5-9(18)11(10)12(19)8-4-1-2-7-17-8/h1-7,18H. The van der Waals surface area contributed by atoms with Crippen molar-refractivity contribution in [2.24, 2.45) is 0 Å². The lowest BCUT2D eigenvalue weighted by Crippen LogP contribution is -2.19. The molecule has 1 aromatic carbocycles. The van der Waals surface area contributed by atoms with Gasteiger partial charge in [-0.2, -0.15) is 0 Å². The molecule has 0 aliphatic heterocycles. The van der Waals surface area contributed by atoms with Gasteiger partial charge in [-0.1, -0.05) is 12.1 Å². The zero-order chi connectivity index (χ0) is 14.8. The van der Waals surface area contributed by atoms with Gasteiger partial charge in [0.25, 0.3) is 0 Å². The van der Waals surface area contributed by atoms with Gasteiger partial charge in [0.2, 0.25) is 5.78 Å². The summed E-state index contributed by atoms with van der Waals surface area (Å²) in [6.45, 7) is 0. The molecule has 0 atom stereocenters. The number of aromatic hydroxyl groups is 1. The average molecular weight is 283 g/mol. The van der Waals surface area contributed by atoms with Crippen molar-refractivity contribution in [1.29, 1.82) is 0 Å². The van der Waals surface area contributed by atoms with E-state index in [1.165, 1.54) is 18.3 Å². The Labute approximate surface area is 111 Å². The number of carbonyl (C=O) groups is 1. The molecule has 0 unspecified atom stereocenters. The molecule has 104 valence electrons. The molecule has 0 aliphatic rings. The van der Waals surface area contributed by atoms with Crippen LogP contribution < -0.4 is 4.74 Å². The van der Waals surface area contributed by atoms with E-state index >= 15 is 0 Å². The van der Waals surface area contributed by atoms with Gasteiger partial charge in [-0.15, -0.1) is 13.2 Å². The fourth-order valence-electron chi connectivity index (χ4n) is 1.58. The Kier molecular flexibility index (Phi) is 3.60. The topological polar surface area (TPSA) is 59.4 Å². The number of rotatable bonds is 3. The van der Waals surface area contributed by atoms with Crippen LogP contribution in [0.15, 0.2) is 42.6 Å². The number of halogens is 3. The minimum Gasteiger partial charge on any atom is -0.507 e. The summed E-state index contributed by atoms with van der Waals surface area (Å²) in [5, 5.41) is 9.62. The molecule has 1 heterocycles. The van der Waals surface area contributed by atoms with E-state index in [-0.39, 0.29) is 5.69 Å². The summed E-state index contributed by atoms with van der Waals surface area (Å²) >= 11 is 0. The molecule has 20 heavy (non-hydrogen) atoms. The maximum Gasteiger partial charge on any atom is 0.573 e. The van der Waals surface area contributed by atoms with Crippen LogP contribution in [0.4, 0.5) is 13.2 Å². The molecule has 0 saturated heterocycles. The van der Waals surface area contributed by atoms with Crippen molar-refractivity contribution in [3.8, 4) is 11.5 Å². The molecule has 2 aromatic rings. The fourth-order valence-corrected chi connectivity index (χ4v) is 1.58. The van der Waals surface area contributed by atoms with E-state index in [0.717, 1.165) is 18.2 Å². The third kappa shape index (κ3) is 3.05. The largest absolute Gasteiger partial charge is 0.573 e. The molecule has 0 radical (unpaired) electrons. The summed E-state index contributed by atoms with van der Waals surface area (Å²) in [5.74, 6) is -2.24. The number of ether oxygens (including phenoxy) is 1. The molecular formula is C13H8F3NO3. The maximum atomic E-state index is 12.3. The lowest BCUT2D eigenvalue weighted by Gasteiger charge is -2.13. The number of phenols is 1. The summed E-state index contributed by atoms with van der Waals surface area (Å²) in [4.78, 5) is 15.8. The summed E-state index contributed by atoms with van der Waals surface area (Å²) in [6, 6.07) is 7.57. The van der Waals surface area contributed by atoms with E-state index in [2.05, 4.69) is 9.72 Å². The van der Waals surface area contributed by atoms with E-state index in [9.17, 15) is 23.1 Å². The molecule has 1 aromatic heterocycles. The van der Waals surface area contributed by atoms with Crippen LogP contribution in [-0.4, -0.2) is 22.2 Å². The van der Waals surface area contributed by atoms with Gasteiger partial charge in [0.05, 0.1) is 0 Å². The third-order valence-corrected chi connectivity index (χ3v) is 2.35. The normalized spacial score (nSPS) is 11.2. The summed E-state index contributed by atoms with van der Waals surface area (Å²) in [6.07, 6.45) is -3.65. The fraction of sp³-hybridized carbons (Fsp3) is 0.0769. The average Bonchev–Trinajstić information content (AvgIpc) is 2.37. The van der Waals surface area contributed by atoms with Gasteiger partial charge < -0.3 is 9.84 Å². The summed E-state index contributed by atoms with van der Waals surface area (Å²) in [7, 11) is 0. The van der Waals surface area contributed by atoms with E-state index in [1.807, 2.05) is 0 Å². The van der Waals surface area contributed by atoms with Crippen molar-refractivity contribution in [2.45, 2.75) is 6.36 Å². The number of phenolic OH excluding ortho intramolecular Hbond substituents is 1. The zero-order valence-electron chi connectivity index (χ0n) is 9.89. The molecule has 0 aliphatic carbocycles. The molecular weight excluding hydrogens is 275 g/mol. The van der Waals surface area contributed by atoms with Crippen LogP contribution in [0.1, 0.15) is 16.1 Å². The lowest BCUT2D eigenvalue weighted by molar-refractivity contribution is -0.274. The number of benzene rings is 1. The quantitative estimate of drug-likeness (QED) is 0.880. The van der Waals surface area contributed by atoms with Crippen LogP contribution >= 0.6 is 0 Å². The minimum absolute atomic E-state index is 0.0963. The highest BCUT2D eigenvalue weighted by atomic mass is 19.4. The van der Waals surface area contributed by atoms with Gasteiger partial charge in [-0.3, -0.25) is 9.78 Å². The van der Waals surface area contributed by atoms with E-state index < -0.39 is 29.2 Å². The molecule has 0 spiro atoms. The number of hydrogen-bond acceptors (Lipinski definition) is 4. The molecule has 0 amide bonds. The monoisotopic (exact) mass is 283 g/mol. The highest BCUT2D eigenvalue weighted by Gasteiger charge is 2.34. The number of hydrogen-bond donors (Lipinski definition) is 1. The molecule has 1 N–H and O–H groups in total. The molecule has 0 bridgehead atoms. The van der Waals surface area contributed by atoms with E-state index in [1.54, 1.807) is 6.07 Å². The first-order chi connectivity index (χ1) is 9.38. The van der Waals surface area contributed by atoms with Crippen molar-refractivity contribution in [1.82, 2.24) is 4.98 Å². The molecule has 4 nitrogen and oxygen atoms in total.